The zero-order valence-electron chi connectivity index (χ0n) is 11.0. The number of rotatable bonds is 7. The van der Waals surface area contributed by atoms with E-state index in [1.807, 2.05) is 0 Å². The molecule has 104 valence electrons. The second kappa shape index (κ2) is 7.52. The molecule has 0 aliphatic carbocycles. The Hall–Kier alpha value is -1.79. The van der Waals surface area contributed by atoms with Crippen LogP contribution >= 0.6 is 0 Å². The first-order valence-electron chi connectivity index (χ1n) is 5.81. The molecule has 7 nitrogen and oxygen atoms in total. The van der Waals surface area contributed by atoms with E-state index in [9.17, 15) is 14.4 Å². The molecule has 0 saturated heterocycles. The highest BCUT2D eigenvalue weighted by atomic mass is 16.4. The standard InChI is InChI=1S/C11H21N3O4/c1-4-11(2,9(16)17)7-14-10(18)13-6-5-8(15)12-3/h4-7H2,1-3H3,(H,12,15)(H,16,17)(H2,13,14,18). The Kier molecular flexibility index (Phi) is 6.77. The molecule has 1 atom stereocenters. The molecule has 4 N–H and O–H groups in total. The molecule has 1 unspecified atom stereocenters. The third-order valence-corrected chi connectivity index (χ3v) is 2.85. The molecule has 0 aliphatic rings. The number of carbonyl (C=O) groups excluding carboxylic acids is 2. The molecule has 0 rings (SSSR count). The summed E-state index contributed by atoms with van der Waals surface area (Å²) in [6.07, 6.45) is 0.606. The van der Waals surface area contributed by atoms with Gasteiger partial charge in [-0.05, 0) is 13.3 Å². The minimum atomic E-state index is -0.974. The van der Waals surface area contributed by atoms with Gasteiger partial charge in [0.05, 0.1) is 5.41 Å². The average molecular weight is 259 g/mol. The highest BCUT2D eigenvalue weighted by Crippen LogP contribution is 2.19. The van der Waals surface area contributed by atoms with Crippen molar-refractivity contribution in [1.82, 2.24) is 16.0 Å². The first kappa shape index (κ1) is 16.2. The predicted octanol–water partition coefficient (Wildman–Crippen LogP) is -0.0774. The summed E-state index contributed by atoms with van der Waals surface area (Å²) in [5.41, 5.74) is -0.974. The number of hydrogen-bond acceptors (Lipinski definition) is 3. The molecule has 0 heterocycles. The summed E-state index contributed by atoms with van der Waals surface area (Å²) in [6, 6.07) is -0.472. The van der Waals surface area contributed by atoms with Crippen LogP contribution in [0.1, 0.15) is 26.7 Å². The van der Waals surface area contributed by atoms with E-state index in [1.165, 1.54) is 7.05 Å². The van der Waals surface area contributed by atoms with Gasteiger partial charge in [-0.15, -0.1) is 0 Å². The fourth-order valence-electron chi connectivity index (χ4n) is 1.10. The summed E-state index contributed by atoms with van der Waals surface area (Å²) in [5.74, 6) is -1.12. The van der Waals surface area contributed by atoms with Crippen molar-refractivity contribution in [2.45, 2.75) is 26.7 Å². The van der Waals surface area contributed by atoms with Crippen LogP contribution in [-0.4, -0.2) is 43.2 Å². The van der Waals surface area contributed by atoms with E-state index in [0.29, 0.717) is 6.42 Å². The van der Waals surface area contributed by atoms with Gasteiger partial charge in [0.25, 0.3) is 0 Å². The maximum absolute atomic E-state index is 11.4. The van der Waals surface area contributed by atoms with Crippen LogP contribution in [-0.2, 0) is 9.59 Å². The SMILES string of the molecule is CCC(C)(CNC(=O)NCCC(=O)NC)C(=O)O. The van der Waals surface area contributed by atoms with E-state index in [-0.39, 0.29) is 25.4 Å². The average Bonchev–Trinajstić information content (AvgIpc) is 2.35. The lowest BCUT2D eigenvalue weighted by atomic mass is 9.88. The Morgan fingerprint density at radius 3 is 2.28 bits per heavy atom. The molecule has 0 saturated carbocycles. The second-order valence-corrected chi connectivity index (χ2v) is 4.25. The Balaban J connectivity index is 3.96. The third-order valence-electron chi connectivity index (χ3n) is 2.85. The molecule has 3 amide bonds. The molecule has 7 heteroatoms. The number of urea groups is 1. The lowest BCUT2D eigenvalue weighted by Crippen LogP contribution is -2.45. The monoisotopic (exact) mass is 259 g/mol. The molecular weight excluding hydrogens is 238 g/mol. The Morgan fingerprint density at radius 1 is 1.22 bits per heavy atom. The molecule has 0 spiro atoms. The number of hydrogen-bond donors (Lipinski definition) is 4. The normalized spacial score (nSPS) is 13.3. The largest absolute Gasteiger partial charge is 0.481 e. The number of carbonyl (C=O) groups is 3. The van der Waals surface area contributed by atoms with E-state index in [0.717, 1.165) is 0 Å². The molecule has 0 aliphatic heterocycles. The van der Waals surface area contributed by atoms with Crippen LogP contribution in [0.5, 0.6) is 0 Å². The van der Waals surface area contributed by atoms with E-state index >= 15 is 0 Å². The maximum Gasteiger partial charge on any atom is 0.314 e. The first-order chi connectivity index (χ1) is 8.35. The summed E-state index contributed by atoms with van der Waals surface area (Å²) in [4.78, 5) is 33.2. The van der Waals surface area contributed by atoms with Gasteiger partial charge in [0, 0.05) is 26.6 Å². The van der Waals surface area contributed by atoms with Crippen molar-refractivity contribution in [3.05, 3.63) is 0 Å². The van der Waals surface area contributed by atoms with Crippen LogP contribution in [0.15, 0.2) is 0 Å². The minimum Gasteiger partial charge on any atom is -0.481 e. The van der Waals surface area contributed by atoms with Crippen molar-refractivity contribution in [1.29, 1.82) is 0 Å². The van der Waals surface area contributed by atoms with Gasteiger partial charge in [-0.1, -0.05) is 6.92 Å². The highest BCUT2D eigenvalue weighted by molar-refractivity contribution is 5.79. The number of nitrogens with one attached hydrogen (secondary N) is 3. The maximum atomic E-state index is 11.4. The predicted molar refractivity (Wildman–Crippen MR) is 66.1 cm³/mol. The minimum absolute atomic E-state index is 0.0463. The number of carboxylic acids is 1. The first-order valence-corrected chi connectivity index (χ1v) is 5.81. The van der Waals surface area contributed by atoms with Crippen molar-refractivity contribution in [3.63, 3.8) is 0 Å². The molecule has 0 aromatic heterocycles. The molecule has 0 fully saturated rings. The van der Waals surface area contributed by atoms with Gasteiger partial charge in [-0.2, -0.15) is 0 Å². The van der Waals surface area contributed by atoms with Gasteiger partial charge in [0.1, 0.15) is 0 Å². The van der Waals surface area contributed by atoms with Crippen LogP contribution in [0.2, 0.25) is 0 Å². The van der Waals surface area contributed by atoms with Crippen molar-refractivity contribution >= 4 is 17.9 Å². The van der Waals surface area contributed by atoms with Crippen LogP contribution in [0, 0.1) is 5.41 Å². The van der Waals surface area contributed by atoms with Gasteiger partial charge >= 0.3 is 12.0 Å². The van der Waals surface area contributed by atoms with Crippen molar-refractivity contribution in [3.8, 4) is 0 Å². The van der Waals surface area contributed by atoms with Gasteiger partial charge in [0.2, 0.25) is 5.91 Å². The van der Waals surface area contributed by atoms with Gasteiger partial charge in [-0.25, -0.2) is 4.79 Å². The molecule has 18 heavy (non-hydrogen) atoms. The molecular formula is C11H21N3O4. The molecule has 0 radical (unpaired) electrons. The van der Waals surface area contributed by atoms with Gasteiger partial charge < -0.3 is 21.1 Å². The smallest absolute Gasteiger partial charge is 0.314 e. The van der Waals surface area contributed by atoms with Crippen LogP contribution in [0.4, 0.5) is 4.79 Å². The zero-order valence-corrected chi connectivity index (χ0v) is 11.0. The highest BCUT2D eigenvalue weighted by Gasteiger charge is 2.31. The van der Waals surface area contributed by atoms with E-state index in [1.54, 1.807) is 13.8 Å². The van der Waals surface area contributed by atoms with Crippen LogP contribution < -0.4 is 16.0 Å². The summed E-state index contributed by atoms with van der Waals surface area (Å²) in [7, 11) is 1.52. The van der Waals surface area contributed by atoms with Gasteiger partial charge in [0.15, 0.2) is 0 Å². The van der Waals surface area contributed by atoms with E-state index < -0.39 is 17.4 Å². The molecule has 0 bridgehead atoms. The lowest BCUT2D eigenvalue weighted by molar-refractivity contribution is -0.147. The Morgan fingerprint density at radius 2 is 1.83 bits per heavy atom. The Bertz CT molecular complexity index is 319. The number of amides is 3. The fourth-order valence-corrected chi connectivity index (χ4v) is 1.10. The summed E-state index contributed by atoms with van der Waals surface area (Å²) in [5, 5.41) is 16.4. The van der Waals surface area contributed by atoms with Crippen LogP contribution in [0.3, 0.4) is 0 Å². The van der Waals surface area contributed by atoms with Crippen molar-refractivity contribution in [2.24, 2.45) is 5.41 Å². The van der Waals surface area contributed by atoms with Gasteiger partial charge in [-0.3, -0.25) is 9.59 Å². The summed E-state index contributed by atoms with van der Waals surface area (Å²) < 4.78 is 0. The summed E-state index contributed by atoms with van der Waals surface area (Å²) >= 11 is 0. The van der Waals surface area contributed by atoms with Crippen molar-refractivity contribution < 1.29 is 19.5 Å². The quantitative estimate of drug-likeness (QED) is 0.513. The van der Waals surface area contributed by atoms with Crippen LogP contribution in [0.25, 0.3) is 0 Å². The van der Waals surface area contributed by atoms with E-state index in [2.05, 4.69) is 16.0 Å². The number of carboxylic acid groups (broad SMARTS) is 1. The van der Waals surface area contributed by atoms with E-state index in [4.69, 9.17) is 5.11 Å². The summed E-state index contributed by atoms with van der Waals surface area (Å²) in [6.45, 7) is 3.57. The Labute approximate surface area is 106 Å². The number of aliphatic carboxylic acids is 1. The third kappa shape index (κ3) is 5.51. The molecule has 0 aromatic carbocycles. The lowest BCUT2D eigenvalue weighted by Gasteiger charge is -2.23. The molecule has 0 aromatic rings. The topological polar surface area (TPSA) is 108 Å². The fraction of sp³-hybridized carbons (Fsp3) is 0.727. The zero-order chi connectivity index (χ0) is 14.2. The second-order valence-electron chi connectivity index (χ2n) is 4.25. The van der Waals surface area contributed by atoms with Crippen molar-refractivity contribution in [2.75, 3.05) is 20.1 Å².